The number of nitrogens with one attached hydrogen (secondary N) is 1. The van der Waals surface area contributed by atoms with Gasteiger partial charge in [-0.3, -0.25) is 0 Å². The topological polar surface area (TPSA) is 47.3 Å². The van der Waals surface area contributed by atoms with E-state index in [0.29, 0.717) is 28.3 Å². The highest BCUT2D eigenvalue weighted by Crippen LogP contribution is 2.35. The van der Waals surface area contributed by atoms with Gasteiger partial charge < -0.3 is 15.8 Å². The van der Waals surface area contributed by atoms with Crippen LogP contribution in [0.15, 0.2) is 12.1 Å². The normalized spacial score (nSPS) is 12.3. The summed E-state index contributed by atoms with van der Waals surface area (Å²) in [5.41, 5.74) is 6.34. The predicted octanol–water partition coefficient (Wildman–Crippen LogP) is 3.01. The van der Waals surface area contributed by atoms with Crippen molar-refractivity contribution in [3.63, 3.8) is 0 Å². The molecule has 0 saturated heterocycles. The van der Waals surface area contributed by atoms with E-state index in [2.05, 4.69) is 12.2 Å². The van der Waals surface area contributed by atoms with Crippen LogP contribution in [0.2, 0.25) is 10.0 Å². The number of nitrogens with two attached hydrogens (primary N) is 1. The molecule has 0 aliphatic rings. The Morgan fingerprint density at radius 3 is 2.69 bits per heavy atom. The Balaban J connectivity index is 2.85. The first kappa shape index (κ1) is 13.4. The molecule has 0 saturated carbocycles. The predicted molar refractivity (Wildman–Crippen MR) is 69.7 cm³/mol. The molecule has 16 heavy (non-hydrogen) atoms. The van der Waals surface area contributed by atoms with Gasteiger partial charge in [-0.15, -0.1) is 0 Å². The van der Waals surface area contributed by atoms with Gasteiger partial charge in [0.25, 0.3) is 0 Å². The minimum atomic E-state index is 0.377. The maximum atomic E-state index is 6.01. The summed E-state index contributed by atoms with van der Waals surface area (Å²) in [6.07, 6.45) is 0. The molecule has 3 nitrogen and oxygen atoms in total. The van der Waals surface area contributed by atoms with Gasteiger partial charge in [0.2, 0.25) is 0 Å². The third-order valence-electron chi connectivity index (χ3n) is 2.26. The number of benzene rings is 1. The van der Waals surface area contributed by atoms with E-state index >= 15 is 0 Å². The van der Waals surface area contributed by atoms with Crippen molar-refractivity contribution in [1.29, 1.82) is 0 Å². The SMILES string of the molecule is COc1c(Cl)cc(Cl)cc1NCC(C)CN. The van der Waals surface area contributed by atoms with Crippen LogP contribution in [0.4, 0.5) is 5.69 Å². The Kier molecular flexibility index (Phi) is 5.19. The van der Waals surface area contributed by atoms with Crippen molar-refractivity contribution in [2.45, 2.75) is 6.92 Å². The Hall–Kier alpha value is -0.640. The van der Waals surface area contributed by atoms with E-state index in [-0.39, 0.29) is 0 Å². The highest BCUT2D eigenvalue weighted by Gasteiger charge is 2.10. The number of anilines is 1. The monoisotopic (exact) mass is 262 g/mol. The highest BCUT2D eigenvalue weighted by atomic mass is 35.5. The molecule has 0 heterocycles. The molecule has 0 aliphatic carbocycles. The molecule has 0 spiro atoms. The van der Waals surface area contributed by atoms with Crippen LogP contribution in [-0.4, -0.2) is 20.2 Å². The minimum Gasteiger partial charge on any atom is -0.493 e. The fourth-order valence-electron chi connectivity index (χ4n) is 1.27. The summed E-state index contributed by atoms with van der Waals surface area (Å²) in [7, 11) is 1.58. The van der Waals surface area contributed by atoms with Crippen molar-refractivity contribution >= 4 is 28.9 Å². The van der Waals surface area contributed by atoms with Crippen LogP contribution in [0.25, 0.3) is 0 Å². The molecule has 0 radical (unpaired) electrons. The largest absolute Gasteiger partial charge is 0.493 e. The molecule has 1 rings (SSSR count). The summed E-state index contributed by atoms with van der Waals surface area (Å²) >= 11 is 11.9. The first-order valence-corrected chi connectivity index (χ1v) is 5.81. The van der Waals surface area contributed by atoms with E-state index in [9.17, 15) is 0 Å². The molecule has 1 unspecified atom stereocenters. The third-order valence-corrected chi connectivity index (χ3v) is 2.75. The van der Waals surface area contributed by atoms with Gasteiger partial charge in [-0.05, 0) is 24.6 Å². The second kappa shape index (κ2) is 6.18. The summed E-state index contributed by atoms with van der Waals surface area (Å²) in [4.78, 5) is 0. The van der Waals surface area contributed by atoms with Crippen LogP contribution in [0, 0.1) is 5.92 Å². The van der Waals surface area contributed by atoms with Crippen LogP contribution in [0.1, 0.15) is 6.92 Å². The Bertz CT molecular complexity index is 358. The van der Waals surface area contributed by atoms with Crippen molar-refractivity contribution in [3.05, 3.63) is 22.2 Å². The van der Waals surface area contributed by atoms with E-state index < -0.39 is 0 Å². The van der Waals surface area contributed by atoms with Crippen molar-refractivity contribution in [3.8, 4) is 5.75 Å². The van der Waals surface area contributed by atoms with Crippen molar-refractivity contribution in [2.75, 3.05) is 25.5 Å². The van der Waals surface area contributed by atoms with Crippen LogP contribution in [0.3, 0.4) is 0 Å². The average Bonchev–Trinajstić information content (AvgIpc) is 2.25. The molecule has 5 heteroatoms. The molecule has 0 aliphatic heterocycles. The lowest BCUT2D eigenvalue weighted by Crippen LogP contribution is -2.20. The van der Waals surface area contributed by atoms with Crippen molar-refractivity contribution in [2.24, 2.45) is 11.7 Å². The van der Waals surface area contributed by atoms with Gasteiger partial charge in [0.1, 0.15) is 0 Å². The first-order chi connectivity index (χ1) is 7.58. The zero-order valence-corrected chi connectivity index (χ0v) is 10.9. The molecular weight excluding hydrogens is 247 g/mol. The second-order valence-electron chi connectivity index (χ2n) is 3.69. The van der Waals surface area contributed by atoms with Crippen molar-refractivity contribution < 1.29 is 4.74 Å². The van der Waals surface area contributed by atoms with Gasteiger partial charge in [0, 0.05) is 11.6 Å². The lowest BCUT2D eigenvalue weighted by molar-refractivity contribution is 0.416. The van der Waals surface area contributed by atoms with E-state index in [0.717, 1.165) is 12.2 Å². The molecule has 0 fully saturated rings. The van der Waals surface area contributed by atoms with Gasteiger partial charge in [-0.25, -0.2) is 0 Å². The summed E-state index contributed by atoms with van der Waals surface area (Å²) < 4.78 is 5.21. The number of rotatable bonds is 5. The van der Waals surface area contributed by atoms with Crippen LogP contribution < -0.4 is 15.8 Å². The molecule has 3 N–H and O–H groups in total. The van der Waals surface area contributed by atoms with E-state index in [1.54, 1.807) is 19.2 Å². The van der Waals surface area contributed by atoms with Gasteiger partial charge in [0.05, 0.1) is 17.8 Å². The molecule has 1 atom stereocenters. The number of hydrogen-bond donors (Lipinski definition) is 2. The summed E-state index contributed by atoms with van der Waals surface area (Å²) in [6, 6.07) is 3.44. The molecule has 1 aromatic rings. The fourth-order valence-corrected chi connectivity index (χ4v) is 1.84. The smallest absolute Gasteiger partial charge is 0.160 e. The average molecular weight is 263 g/mol. The second-order valence-corrected chi connectivity index (χ2v) is 4.53. The Labute approximate surface area is 106 Å². The van der Waals surface area contributed by atoms with Gasteiger partial charge in [-0.1, -0.05) is 30.1 Å². The Morgan fingerprint density at radius 2 is 2.12 bits per heavy atom. The standard InChI is InChI=1S/C11H16Cl2N2O/c1-7(5-14)6-15-10-4-8(12)3-9(13)11(10)16-2/h3-4,7,15H,5-6,14H2,1-2H3. The molecular formula is C11H16Cl2N2O. The molecule has 0 bridgehead atoms. The number of methoxy groups -OCH3 is 1. The van der Waals surface area contributed by atoms with Crippen LogP contribution in [0.5, 0.6) is 5.75 Å². The highest BCUT2D eigenvalue weighted by molar-refractivity contribution is 6.36. The van der Waals surface area contributed by atoms with E-state index in [1.807, 2.05) is 0 Å². The van der Waals surface area contributed by atoms with Crippen molar-refractivity contribution in [1.82, 2.24) is 0 Å². The molecule has 90 valence electrons. The first-order valence-electron chi connectivity index (χ1n) is 5.05. The van der Waals surface area contributed by atoms with E-state index in [1.165, 1.54) is 0 Å². The molecule has 0 aromatic heterocycles. The van der Waals surface area contributed by atoms with E-state index in [4.69, 9.17) is 33.7 Å². The summed E-state index contributed by atoms with van der Waals surface area (Å²) in [5, 5.41) is 4.30. The lowest BCUT2D eigenvalue weighted by atomic mass is 10.2. The van der Waals surface area contributed by atoms with Crippen LogP contribution in [-0.2, 0) is 0 Å². The Morgan fingerprint density at radius 1 is 1.44 bits per heavy atom. The number of ether oxygens (including phenoxy) is 1. The van der Waals surface area contributed by atoms with Crippen LogP contribution >= 0.6 is 23.2 Å². The fraction of sp³-hybridized carbons (Fsp3) is 0.455. The third kappa shape index (κ3) is 3.44. The van der Waals surface area contributed by atoms with Gasteiger partial charge in [-0.2, -0.15) is 0 Å². The van der Waals surface area contributed by atoms with Gasteiger partial charge >= 0.3 is 0 Å². The quantitative estimate of drug-likeness (QED) is 0.858. The maximum absolute atomic E-state index is 6.01. The minimum absolute atomic E-state index is 0.377. The zero-order chi connectivity index (χ0) is 12.1. The number of halogens is 2. The molecule has 1 aromatic carbocycles. The maximum Gasteiger partial charge on any atom is 0.160 e. The summed E-state index contributed by atoms with van der Waals surface area (Å²) in [5.74, 6) is 0.984. The summed E-state index contributed by atoms with van der Waals surface area (Å²) in [6.45, 7) is 3.44. The number of hydrogen-bond acceptors (Lipinski definition) is 3. The molecule has 0 amide bonds. The van der Waals surface area contributed by atoms with Gasteiger partial charge in [0.15, 0.2) is 5.75 Å². The zero-order valence-electron chi connectivity index (χ0n) is 9.39. The lowest BCUT2D eigenvalue weighted by Gasteiger charge is -2.15.